The van der Waals surface area contributed by atoms with Crippen LogP contribution in [0.1, 0.15) is 18.1 Å². The van der Waals surface area contributed by atoms with Crippen LogP contribution in [0, 0.1) is 0 Å². The van der Waals surface area contributed by atoms with E-state index in [-0.39, 0.29) is 17.4 Å². The van der Waals surface area contributed by atoms with Gasteiger partial charge in [-0.05, 0) is 48.0 Å². The monoisotopic (exact) mass is 516 g/mol. The van der Waals surface area contributed by atoms with Gasteiger partial charge in [-0.2, -0.15) is 0 Å². The van der Waals surface area contributed by atoms with Crippen LogP contribution in [0.5, 0.6) is 11.5 Å². The van der Waals surface area contributed by atoms with Crippen LogP contribution in [0.3, 0.4) is 0 Å². The van der Waals surface area contributed by atoms with Gasteiger partial charge < -0.3 is 19.1 Å². The Morgan fingerprint density at radius 2 is 1.89 bits per heavy atom. The molecule has 184 valence electrons. The molecule has 10 heteroatoms. The van der Waals surface area contributed by atoms with E-state index in [9.17, 15) is 14.4 Å². The van der Waals surface area contributed by atoms with Crippen LogP contribution < -0.4 is 9.47 Å². The molecule has 35 heavy (non-hydrogen) atoms. The second-order valence-corrected chi connectivity index (χ2v) is 9.20. The molecule has 0 radical (unpaired) electrons. The lowest BCUT2D eigenvalue weighted by atomic mass is 10.1. The number of benzene rings is 2. The van der Waals surface area contributed by atoms with Gasteiger partial charge in [0, 0.05) is 13.1 Å². The summed E-state index contributed by atoms with van der Waals surface area (Å²) in [4.78, 5) is 40.7. The van der Waals surface area contributed by atoms with Crippen LogP contribution >= 0.6 is 23.4 Å². The highest BCUT2D eigenvalue weighted by Crippen LogP contribution is 2.39. The first-order chi connectivity index (χ1) is 17.0. The molecule has 2 fully saturated rings. The van der Waals surface area contributed by atoms with Gasteiger partial charge in [0.05, 0.1) is 29.7 Å². The molecular formula is C25H25ClN2O6S. The zero-order valence-corrected chi connectivity index (χ0v) is 20.8. The van der Waals surface area contributed by atoms with Crippen LogP contribution in [-0.2, 0) is 20.9 Å². The van der Waals surface area contributed by atoms with E-state index in [4.69, 9.17) is 25.8 Å². The van der Waals surface area contributed by atoms with E-state index in [1.807, 2.05) is 37.3 Å². The average Bonchev–Trinajstić information content (AvgIpc) is 3.12. The number of hydrogen-bond acceptors (Lipinski definition) is 7. The maximum atomic E-state index is 12.9. The number of ether oxygens (including phenoxy) is 3. The fraction of sp³-hybridized carbons (Fsp3) is 0.320. The van der Waals surface area contributed by atoms with Gasteiger partial charge in [0.25, 0.3) is 11.1 Å². The Labute approximate surface area is 212 Å². The molecule has 4 rings (SSSR count). The molecule has 0 bridgehead atoms. The van der Waals surface area contributed by atoms with Gasteiger partial charge in [0.15, 0.2) is 11.5 Å². The molecule has 8 nitrogen and oxygen atoms in total. The summed E-state index contributed by atoms with van der Waals surface area (Å²) in [5, 5.41) is -0.165. The molecule has 2 aliphatic heterocycles. The molecule has 2 aromatic rings. The van der Waals surface area contributed by atoms with Crippen molar-refractivity contribution in [1.82, 2.24) is 9.80 Å². The van der Waals surface area contributed by atoms with Crippen LogP contribution in [-0.4, -0.2) is 66.3 Å². The summed E-state index contributed by atoms with van der Waals surface area (Å²) >= 11 is 7.30. The summed E-state index contributed by atoms with van der Waals surface area (Å²) < 4.78 is 16.9. The number of nitrogens with zero attached hydrogens (tertiary/aromatic N) is 2. The predicted octanol–water partition coefficient (Wildman–Crippen LogP) is 4.21. The third-order valence-corrected chi connectivity index (χ3v) is 6.57. The Kier molecular flexibility index (Phi) is 8.33. The highest BCUT2D eigenvalue weighted by Gasteiger charge is 2.37. The summed E-state index contributed by atoms with van der Waals surface area (Å²) in [6.45, 7) is 4.04. The number of rotatable bonds is 8. The van der Waals surface area contributed by atoms with E-state index in [2.05, 4.69) is 0 Å². The molecule has 0 aliphatic carbocycles. The number of carbonyl (C=O) groups is 3. The Balaban J connectivity index is 1.50. The van der Waals surface area contributed by atoms with Crippen molar-refractivity contribution in [3.05, 3.63) is 63.5 Å². The summed E-state index contributed by atoms with van der Waals surface area (Å²) in [6.07, 6.45) is 1.57. The maximum absolute atomic E-state index is 12.9. The van der Waals surface area contributed by atoms with Gasteiger partial charge in [-0.1, -0.05) is 41.9 Å². The minimum absolute atomic E-state index is 0.209. The minimum atomic E-state index is -0.514. The predicted molar refractivity (Wildman–Crippen MR) is 133 cm³/mol. The fourth-order valence-corrected chi connectivity index (χ4v) is 4.75. The molecule has 0 spiro atoms. The van der Waals surface area contributed by atoms with Crippen molar-refractivity contribution in [2.24, 2.45) is 0 Å². The summed E-state index contributed by atoms with van der Waals surface area (Å²) in [5.74, 6) is 0.0428. The second kappa shape index (κ2) is 11.6. The molecule has 2 heterocycles. The van der Waals surface area contributed by atoms with Gasteiger partial charge in [-0.15, -0.1) is 0 Å². The Morgan fingerprint density at radius 3 is 2.60 bits per heavy atom. The number of imide groups is 1. The van der Waals surface area contributed by atoms with Gasteiger partial charge >= 0.3 is 0 Å². The van der Waals surface area contributed by atoms with Gasteiger partial charge in [0.1, 0.15) is 13.2 Å². The van der Waals surface area contributed by atoms with Crippen LogP contribution in [0.2, 0.25) is 5.02 Å². The summed E-state index contributed by atoms with van der Waals surface area (Å²) in [6, 6.07) is 13.0. The minimum Gasteiger partial charge on any atom is -0.490 e. The first kappa shape index (κ1) is 25.1. The molecule has 0 N–H and O–H groups in total. The van der Waals surface area contributed by atoms with E-state index in [1.165, 1.54) is 0 Å². The van der Waals surface area contributed by atoms with Crippen LogP contribution in [0.4, 0.5) is 4.79 Å². The molecule has 3 amide bonds. The van der Waals surface area contributed by atoms with Gasteiger partial charge in [0.2, 0.25) is 5.91 Å². The lowest BCUT2D eigenvalue weighted by Crippen LogP contribution is -2.46. The molecule has 2 aliphatic rings. The van der Waals surface area contributed by atoms with E-state index >= 15 is 0 Å². The zero-order chi connectivity index (χ0) is 24.8. The molecule has 0 atom stereocenters. The van der Waals surface area contributed by atoms with E-state index in [0.29, 0.717) is 61.6 Å². The van der Waals surface area contributed by atoms with E-state index in [0.717, 1.165) is 22.2 Å². The lowest BCUT2D eigenvalue weighted by molar-refractivity contribution is -0.139. The Hall–Kier alpha value is -3.01. The number of halogens is 1. The van der Waals surface area contributed by atoms with E-state index in [1.54, 1.807) is 23.1 Å². The summed E-state index contributed by atoms with van der Waals surface area (Å²) in [5.41, 5.74) is 1.56. The third-order valence-electron chi connectivity index (χ3n) is 5.39. The standard InChI is InChI=1S/C25H25ClN2O6S/c1-2-33-20-13-18(12-19(26)23(20)34-16-17-6-4-3-5-7-17)14-21-24(30)28(25(31)35-21)15-22(29)27-8-10-32-11-9-27/h3-7,12-14H,2,8-11,15-16H2,1H3/b21-14-. The van der Waals surface area contributed by atoms with Gasteiger partial charge in [-0.3, -0.25) is 19.3 Å². The quantitative estimate of drug-likeness (QED) is 0.486. The molecule has 0 aromatic heterocycles. The third kappa shape index (κ3) is 6.17. The first-order valence-corrected chi connectivity index (χ1v) is 12.4. The Bertz CT molecular complexity index is 1130. The number of morpholine rings is 1. The van der Waals surface area contributed by atoms with Crippen LogP contribution in [0.25, 0.3) is 6.08 Å². The first-order valence-electron chi connectivity index (χ1n) is 11.2. The number of carbonyl (C=O) groups excluding carboxylic acids is 3. The van der Waals surface area contributed by atoms with Crippen molar-refractivity contribution in [1.29, 1.82) is 0 Å². The van der Waals surface area contributed by atoms with Crippen molar-refractivity contribution in [2.45, 2.75) is 13.5 Å². The molecule has 2 saturated heterocycles. The number of thioether (sulfide) groups is 1. The van der Waals surface area contributed by atoms with Crippen molar-refractivity contribution in [3.8, 4) is 11.5 Å². The van der Waals surface area contributed by atoms with Crippen molar-refractivity contribution < 1.29 is 28.6 Å². The highest BCUT2D eigenvalue weighted by molar-refractivity contribution is 8.18. The lowest BCUT2D eigenvalue weighted by Gasteiger charge is -2.28. The average molecular weight is 517 g/mol. The normalized spacial score (nSPS) is 17.3. The smallest absolute Gasteiger partial charge is 0.294 e. The molecule has 0 saturated carbocycles. The fourth-order valence-electron chi connectivity index (χ4n) is 3.64. The van der Waals surface area contributed by atoms with Crippen molar-refractivity contribution in [3.63, 3.8) is 0 Å². The zero-order valence-electron chi connectivity index (χ0n) is 19.2. The van der Waals surface area contributed by atoms with E-state index < -0.39 is 11.1 Å². The van der Waals surface area contributed by atoms with Gasteiger partial charge in [-0.25, -0.2) is 0 Å². The second-order valence-electron chi connectivity index (χ2n) is 7.80. The molecular weight excluding hydrogens is 492 g/mol. The van der Waals surface area contributed by atoms with Crippen molar-refractivity contribution >= 4 is 46.5 Å². The molecule has 0 unspecified atom stereocenters. The Morgan fingerprint density at radius 1 is 1.14 bits per heavy atom. The van der Waals surface area contributed by atoms with Crippen LogP contribution in [0.15, 0.2) is 47.4 Å². The SMILES string of the molecule is CCOc1cc(/C=C2\SC(=O)N(CC(=O)N3CCOCC3)C2=O)cc(Cl)c1OCc1ccccc1. The largest absolute Gasteiger partial charge is 0.490 e. The number of hydrogen-bond donors (Lipinski definition) is 0. The highest BCUT2D eigenvalue weighted by atomic mass is 35.5. The molecule has 2 aromatic carbocycles. The number of amides is 3. The maximum Gasteiger partial charge on any atom is 0.294 e. The topological polar surface area (TPSA) is 85.4 Å². The van der Waals surface area contributed by atoms with Crippen molar-refractivity contribution in [2.75, 3.05) is 39.5 Å². The summed E-state index contributed by atoms with van der Waals surface area (Å²) in [7, 11) is 0.